The van der Waals surface area contributed by atoms with Gasteiger partial charge in [0.05, 0.1) is 11.1 Å². The van der Waals surface area contributed by atoms with E-state index in [1.165, 1.54) is 12.1 Å². The molecule has 0 bridgehead atoms. The molecule has 0 atom stereocenters. The van der Waals surface area contributed by atoms with Crippen molar-refractivity contribution in [2.24, 2.45) is 0 Å². The molecular formula is C13H15F3N2O2. The Labute approximate surface area is 114 Å². The Bertz CT molecular complexity index is 509. The maximum Gasteiger partial charge on any atom is 0.419 e. The minimum atomic E-state index is -4.69. The summed E-state index contributed by atoms with van der Waals surface area (Å²) in [6.07, 6.45) is -4.69. The molecule has 0 spiro atoms. The van der Waals surface area contributed by atoms with Crippen molar-refractivity contribution in [3.05, 3.63) is 29.3 Å². The Hall–Kier alpha value is -1.76. The first-order chi connectivity index (χ1) is 9.30. The lowest BCUT2D eigenvalue weighted by Gasteiger charge is -2.35. The molecule has 7 heteroatoms. The number of hydrogen-bond acceptors (Lipinski definition) is 3. The number of carboxylic acids is 1. The topological polar surface area (TPSA) is 43.8 Å². The van der Waals surface area contributed by atoms with E-state index in [9.17, 15) is 18.0 Å². The average Bonchev–Trinajstić information content (AvgIpc) is 2.37. The third-order valence-electron chi connectivity index (χ3n) is 3.40. The van der Waals surface area contributed by atoms with Gasteiger partial charge in [-0.1, -0.05) is 6.07 Å². The number of carboxylic acid groups (broad SMARTS) is 1. The summed E-state index contributed by atoms with van der Waals surface area (Å²) in [5.41, 5.74) is -1.81. The Morgan fingerprint density at radius 1 is 1.20 bits per heavy atom. The summed E-state index contributed by atoms with van der Waals surface area (Å²) in [5, 5.41) is 8.97. The van der Waals surface area contributed by atoms with Crippen LogP contribution < -0.4 is 4.90 Å². The number of nitrogens with zero attached hydrogens (tertiary/aromatic N) is 2. The number of rotatable bonds is 2. The van der Waals surface area contributed by atoms with Crippen LogP contribution in [-0.4, -0.2) is 49.2 Å². The molecule has 0 aliphatic carbocycles. The van der Waals surface area contributed by atoms with E-state index >= 15 is 0 Å². The molecule has 1 heterocycles. The van der Waals surface area contributed by atoms with Gasteiger partial charge in [-0.05, 0) is 19.2 Å². The van der Waals surface area contributed by atoms with E-state index < -0.39 is 23.3 Å². The predicted molar refractivity (Wildman–Crippen MR) is 68.1 cm³/mol. The van der Waals surface area contributed by atoms with Gasteiger partial charge >= 0.3 is 12.1 Å². The van der Waals surface area contributed by atoms with Crippen molar-refractivity contribution >= 4 is 11.7 Å². The Morgan fingerprint density at radius 2 is 1.80 bits per heavy atom. The SMILES string of the molecule is CN1CCN(c2cccc(C(=O)O)c2C(F)(F)F)CC1. The van der Waals surface area contributed by atoms with Gasteiger partial charge in [0.15, 0.2) is 0 Å². The lowest BCUT2D eigenvalue weighted by Crippen LogP contribution is -2.45. The fourth-order valence-electron chi connectivity index (χ4n) is 2.33. The first-order valence-electron chi connectivity index (χ1n) is 6.17. The number of likely N-dealkylation sites (N-methyl/N-ethyl adjacent to an activating group) is 1. The molecule has 1 aliphatic rings. The monoisotopic (exact) mass is 288 g/mol. The fraction of sp³-hybridized carbons (Fsp3) is 0.462. The Morgan fingerprint density at radius 3 is 2.30 bits per heavy atom. The quantitative estimate of drug-likeness (QED) is 0.905. The van der Waals surface area contributed by atoms with E-state index in [1.54, 1.807) is 4.90 Å². The molecule has 4 nitrogen and oxygen atoms in total. The molecule has 20 heavy (non-hydrogen) atoms. The van der Waals surface area contributed by atoms with Crippen LogP contribution in [0, 0.1) is 0 Å². The van der Waals surface area contributed by atoms with Crippen LogP contribution in [0.4, 0.5) is 18.9 Å². The normalized spacial score (nSPS) is 17.3. The van der Waals surface area contributed by atoms with E-state index in [1.807, 2.05) is 11.9 Å². The van der Waals surface area contributed by atoms with Gasteiger partial charge in [-0.2, -0.15) is 13.2 Å². The number of anilines is 1. The van der Waals surface area contributed by atoms with Crippen LogP contribution in [-0.2, 0) is 6.18 Å². The molecule has 1 aromatic carbocycles. The summed E-state index contributed by atoms with van der Waals surface area (Å²) >= 11 is 0. The lowest BCUT2D eigenvalue weighted by atomic mass is 10.0. The number of aromatic carboxylic acids is 1. The van der Waals surface area contributed by atoms with Crippen LogP contribution in [0.2, 0.25) is 0 Å². The lowest BCUT2D eigenvalue weighted by molar-refractivity contribution is -0.137. The Balaban J connectivity index is 2.47. The summed E-state index contributed by atoms with van der Waals surface area (Å²) < 4.78 is 39.6. The van der Waals surface area contributed by atoms with Gasteiger partial charge < -0.3 is 14.9 Å². The largest absolute Gasteiger partial charge is 0.478 e. The second-order valence-electron chi connectivity index (χ2n) is 4.79. The van der Waals surface area contributed by atoms with Gasteiger partial charge in [-0.3, -0.25) is 0 Å². The second kappa shape index (κ2) is 5.32. The number of piperazine rings is 1. The van der Waals surface area contributed by atoms with E-state index in [4.69, 9.17) is 5.11 Å². The van der Waals surface area contributed by atoms with Gasteiger partial charge in [-0.15, -0.1) is 0 Å². The van der Waals surface area contributed by atoms with Gasteiger partial charge in [0.2, 0.25) is 0 Å². The highest BCUT2D eigenvalue weighted by atomic mass is 19.4. The highest BCUT2D eigenvalue weighted by Crippen LogP contribution is 2.39. The van der Waals surface area contributed by atoms with Crippen molar-refractivity contribution < 1.29 is 23.1 Å². The third-order valence-corrected chi connectivity index (χ3v) is 3.40. The number of hydrogen-bond donors (Lipinski definition) is 1. The maximum absolute atomic E-state index is 13.2. The van der Waals surface area contributed by atoms with Crippen LogP contribution in [0.5, 0.6) is 0 Å². The van der Waals surface area contributed by atoms with Crippen LogP contribution in [0.1, 0.15) is 15.9 Å². The summed E-state index contributed by atoms with van der Waals surface area (Å²) in [6, 6.07) is 3.68. The highest BCUT2D eigenvalue weighted by molar-refractivity contribution is 5.91. The molecule has 0 amide bonds. The zero-order valence-corrected chi connectivity index (χ0v) is 10.9. The molecule has 1 aromatic rings. The van der Waals surface area contributed by atoms with Gasteiger partial charge in [0.1, 0.15) is 0 Å². The van der Waals surface area contributed by atoms with Crippen LogP contribution in [0.3, 0.4) is 0 Å². The molecule has 0 radical (unpaired) electrons. The summed E-state index contributed by atoms with van der Waals surface area (Å²) in [4.78, 5) is 14.6. The molecule has 1 N–H and O–H groups in total. The molecule has 110 valence electrons. The average molecular weight is 288 g/mol. The van der Waals surface area contributed by atoms with E-state index in [2.05, 4.69) is 0 Å². The number of benzene rings is 1. The van der Waals surface area contributed by atoms with Crippen molar-refractivity contribution in [2.75, 3.05) is 38.1 Å². The van der Waals surface area contributed by atoms with E-state index in [0.29, 0.717) is 26.2 Å². The number of halogens is 3. The molecule has 0 unspecified atom stereocenters. The van der Waals surface area contributed by atoms with Gasteiger partial charge in [0.25, 0.3) is 0 Å². The molecule has 0 saturated carbocycles. The molecule has 1 aliphatic heterocycles. The minimum Gasteiger partial charge on any atom is -0.478 e. The third kappa shape index (κ3) is 2.87. The first kappa shape index (κ1) is 14.6. The smallest absolute Gasteiger partial charge is 0.419 e. The van der Waals surface area contributed by atoms with Crippen LogP contribution in [0.25, 0.3) is 0 Å². The predicted octanol–water partition coefficient (Wildman–Crippen LogP) is 2.16. The van der Waals surface area contributed by atoms with Crippen LogP contribution >= 0.6 is 0 Å². The van der Waals surface area contributed by atoms with Crippen molar-refractivity contribution in [3.63, 3.8) is 0 Å². The molecule has 2 rings (SSSR count). The van der Waals surface area contributed by atoms with Gasteiger partial charge in [0, 0.05) is 31.9 Å². The summed E-state index contributed by atoms with van der Waals surface area (Å²) in [5.74, 6) is -1.56. The van der Waals surface area contributed by atoms with Crippen molar-refractivity contribution in [3.8, 4) is 0 Å². The van der Waals surface area contributed by atoms with Crippen molar-refractivity contribution in [1.82, 2.24) is 4.90 Å². The summed E-state index contributed by atoms with van der Waals surface area (Å²) in [7, 11) is 1.90. The van der Waals surface area contributed by atoms with E-state index in [0.717, 1.165) is 6.07 Å². The maximum atomic E-state index is 13.2. The Kier molecular flexibility index (Phi) is 3.89. The van der Waals surface area contributed by atoms with Crippen molar-refractivity contribution in [1.29, 1.82) is 0 Å². The second-order valence-corrected chi connectivity index (χ2v) is 4.79. The highest BCUT2D eigenvalue weighted by Gasteiger charge is 2.39. The summed E-state index contributed by atoms with van der Waals surface area (Å²) in [6.45, 7) is 2.19. The standard InChI is InChI=1S/C13H15F3N2O2/c1-17-5-7-18(8-6-17)10-4-2-3-9(12(19)20)11(10)13(14,15)16/h2-4H,5-8H2,1H3,(H,19,20). The van der Waals surface area contributed by atoms with Gasteiger partial charge in [-0.25, -0.2) is 4.79 Å². The zero-order chi connectivity index (χ0) is 14.9. The number of carbonyl (C=O) groups is 1. The minimum absolute atomic E-state index is 0.0505. The van der Waals surface area contributed by atoms with Crippen LogP contribution in [0.15, 0.2) is 18.2 Å². The zero-order valence-electron chi connectivity index (χ0n) is 10.9. The van der Waals surface area contributed by atoms with E-state index in [-0.39, 0.29) is 5.69 Å². The fourth-order valence-corrected chi connectivity index (χ4v) is 2.33. The molecule has 1 saturated heterocycles. The molecule has 1 fully saturated rings. The number of alkyl halides is 3. The molecular weight excluding hydrogens is 273 g/mol. The first-order valence-corrected chi connectivity index (χ1v) is 6.17. The molecule has 0 aromatic heterocycles. The van der Waals surface area contributed by atoms with Crippen molar-refractivity contribution in [2.45, 2.75) is 6.18 Å².